The molecule has 3 heterocycles. The summed E-state index contributed by atoms with van der Waals surface area (Å²) in [7, 11) is 0. The summed E-state index contributed by atoms with van der Waals surface area (Å²) in [5.74, 6) is 0. The predicted molar refractivity (Wildman–Crippen MR) is 151 cm³/mol. The highest BCUT2D eigenvalue weighted by molar-refractivity contribution is 5.86. The van der Waals surface area contributed by atoms with Gasteiger partial charge in [0.1, 0.15) is 0 Å². The number of rotatable bonds is 1. The molecule has 0 radical (unpaired) electrons. The third-order valence-corrected chi connectivity index (χ3v) is 5.77. The van der Waals surface area contributed by atoms with E-state index in [1.54, 1.807) is 0 Å². The second-order valence-electron chi connectivity index (χ2n) is 8.99. The normalized spacial score (nSPS) is 20.1. The van der Waals surface area contributed by atoms with E-state index < -0.39 is 0 Å². The summed E-state index contributed by atoms with van der Waals surface area (Å²) in [5, 5.41) is 0. The van der Waals surface area contributed by atoms with Crippen LogP contribution < -0.4 is 0 Å². The smallest absolute Gasteiger partial charge is 0.0892 e. The van der Waals surface area contributed by atoms with Crippen LogP contribution in [0.5, 0.6) is 0 Å². The first-order valence-electron chi connectivity index (χ1n) is 12.4. The number of aliphatic imine (C=N–C) groups is 2. The predicted octanol–water partition coefficient (Wildman–Crippen LogP) is 6.43. The van der Waals surface area contributed by atoms with Crippen molar-refractivity contribution >= 4 is 12.4 Å². The molecular formula is C32H33N3O2. The minimum atomic E-state index is 0.449. The van der Waals surface area contributed by atoms with Crippen LogP contribution in [0.4, 0.5) is 0 Å². The van der Waals surface area contributed by atoms with Crippen molar-refractivity contribution in [2.75, 3.05) is 13.2 Å². The van der Waals surface area contributed by atoms with Gasteiger partial charge in [-0.1, -0.05) is 73.3 Å². The topological polar surface area (TPSA) is 56.1 Å². The number of pyridine rings is 1. The fraction of sp³-hybridized carbons (Fsp3) is 0.219. The molecule has 188 valence electrons. The van der Waals surface area contributed by atoms with Gasteiger partial charge >= 0.3 is 0 Å². The maximum atomic E-state index is 5.91. The van der Waals surface area contributed by atoms with Gasteiger partial charge in [-0.15, -0.1) is 0 Å². The zero-order chi connectivity index (χ0) is 25.7. The number of allylic oxidation sites excluding steroid dienone is 2. The van der Waals surface area contributed by atoms with Crippen molar-refractivity contribution in [1.29, 1.82) is 0 Å². The fourth-order valence-electron chi connectivity index (χ4n) is 3.74. The molecule has 0 unspecified atom stereocenters. The van der Waals surface area contributed by atoms with Crippen molar-refractivity contribution in [1.82, 2.24) is 4.98 Å². The Bertz CT molecular complexity index is 1300. The molecular weight excluding hydrogens is 458 g/mol. The van der Waals surface area contributed by atoms with Crippen molar-refractivity contribution in [2.45, 2.75) is 33.3 Å². The van der Waals surface area contributed by atoms with Crippen LogP contribution in [-0.4, -0.2) is 30.6 Å². The molecule has 0 fully saturated rings. The zero-order valence-electron chi connectivity index (χ0n) is 21.3. The summed E-state index contributed by atoms with van der Waals surface area (Å²) >= 11 is 0. The van der Waals surface area contributed by atoms with Gasteiger partial charge in [0.05, 0.1) is 50.9 Å². The molecule has 0 atom stereocenters. The van der Waals surface area contributed by atoms with E-state index in [0.29, 0.717) is 39.5 Å². The molecule has 37 heavy (non-hydrogen) atoms. The second-order valence-corrected chi connectivity index (χ2v) is 8.99. The summed E-state index contributed by atoms with van der Waals surface area (Å²) in [5.41, 5.74) is 8.29. The SMILES string of the molecule is C=C/C1=C\C=C(/C)COCc2cccc(n2)COCc2ccc(cc2)C/N=C/c2cccc(c2)/C=N/C1. The molecule has 5 rings (SSSR count). The van der Waals surface area contributed by atoms with Gasteiger partial charge in [-0.25, -0.2) is 0 Å². The minimum absolute atomic E-state index is 0.449. The van der Waals surface area contributed by atoms with E-state index in [4.69, 9.17) is 9.47 Å². The van der Waals surface area contributed by atoms with Gasteiger partial charge in [0.2, 0.25) is 0 Å². The van der Waals surface area contributed by atoms with Gasteiger partial charge < -0.3 is 9.47 Å². The third-order valence-electron chi connectivity index (χ3n) is 5.77. The lowest BCUT2D eigenvalue weighted by atomic mass is 10.1. The van der Waals surface area contributed by atoms with Crippen LogP contribution in [0.25, 0.3) is 0 Å². The van der Waals surface area contributed by atoms with E-state index in [1.165, 1.54) is 0 Å². The molecule has 0 saturated heterocycles. The fourth-order valence-corrected chi connectivity index (χ4v) is 3.74. The van der Waals surface area contributed by atoms with Crippen molar-refractivity contribution in [3.8, 4) is 0 Å². The average molecular weight is 492 g/mol. The Morgan fingerprint density at radius 1 is 0.703 bits per heavy atom. The quantitative estimate of drug-likeness (QED) is 0.394. The number of aromatic nitrogens is 1. The lowest BCUT2D eigenvalue weighted by molar-refractivity contribution is 0.103. The maximum Gasteiger partial charge on any atom is 0.0892 e. The molecule has 2 aromatic carbocycles. The Morgan fingerprint density at radius 3 is 2.03 bits per heavy atom. The zero-order valence-corrected chi connectivity index (χ0v) is 21.3. The highest BCUT2D eigenvalue weighted by Gasteiger charge is 2.02. The number of fused-ring (bicyclic) bond motifs is 11. The van der Waals surface area contributed by atoms with Crippen molar-refractivity contribution < 1.29 is 9.47 Å². The molecule has 2 aliphatic heterocycles. The molecule has 0 N–H and O–H groups in total. The molecule has 1 aromatic heterocycles. The van der Waals surface area contributed by atoms with Gasteiger partial charge in [0, 0.05) is 12.4 Å². The minimum Gasteiger partial charge on any atom is -0.371 e. The summed E-state index contributed by atoms with van der Waals surface area (Å²) in [6.07, 6.45) is 9.73. The Balaban J connectivity index is 1.51. The molecule has 2 aliphatic rings. The first-order valence-corrected chi connectivity index (χ1v) is 12.4. The summed E-state index contributed by atoms with van der Waals surface area (Å²) in [4.78, 5) is 13.9. The molecule has 0 amide bonds. The Hall–Kier alpha value is -3.93. The molecule has 6 bridgehead atoms. The average Bonchev–Trinajstić information content (AvgIpc) is 2.91. The molecule has 0 spiro atoms. The Kier molecular flexibility index (Phi) is 9.87. The lowest BCUT2D eigenvalue weighted by Gasteiger charge is -2.08. The third kappa shape index (κ3) is 8.90. The monoisotopic (exact) mass is 491 g/mol. The van der Waals surface area contributed by atoms with E-state index >= 15 is 0 Å². The lowest BCUT2D eigenvalue weighted by Crippen LogP contribution is -2.02. The highest BCUT2D eigenvalue weighted by Crippen LogP contribution is 2.11. The maximum absolute atomic E-state index is 5.91. The number of hydrogen-bond acceptors (Lipinski definition) is 5. The van der Waals surface area contributed by atoms with Crippen LogP contribution in [-0.2, 0) is 35.8 Å². The number of ether oxygens (including phenoxy) is 2. The summed E-state index contributed by atoms with van der Waals surface area (Å²) in [6.45, 7) is 9.12. The Labute approximate surface area is 219 Å². The largest absolute Gasteiger partial charge is 0.371 e. The van der Waals surface area contributed by atoms with Gasteiger partial charge in [0.15, 0.2) is 0 Å². The van der Waals surface area contributed by atoms with E-state index in [1.807, 2.05) is 67.9 Å². The van der Waals surface area contributed by atoms with Crippen LogP contribution in [0, 0.1) is 0 Å². The van der Waals surface area contributed by atoms with Crippen molar-refractivity contribution in [3.63, 3.8) is 0 Å². The highest BCUT2D eigenvalue weighted by atomic mass is 16.5. The molecule has 3 aromatic rings. The molecule has 5 heteroatoms. The van der Waals surface area contributed by atoms with E-state index in [-0.39, 0.29) is 0 Å². The molecule has 5 nitrogen and oxygen atoms in total. The summed E-state index contributed by atoms with van der Waals surface area (Å²) in [6, 6.07) is 22.5. The van der Waals surface area contributed by atoms with E-state index in [0.717, 1.165) is 44.8 Å². The van der Waals surface area contributed by atoms with Crippen LogP contribution in [0.15, 0.2) is 113 Å². The summed E-state index contributed by atoms with van der Waals surface area (Å²) < 4.78 is 11.8. The van der Waals surface area contributed by atoms with Gasteiger partial charge in [-0.2, -0.15) is 0 Å². The van der Waals surface area contributed by atoms with Crippen molar-refractivity contribution in [3.05, 3.63) is 136 Å². The number of hydrogen-bond donors (Lipinski definition) is 0. The molecule has 0 saturated carbocycles. The van der Waals surface area contributed by atoms with Crippen LogP contribution in [0.1, 0.15) is 40.6 Å². The van der Waals surface area contributed by atoms with Gasteiger partial charge in [-0.3, -0.25) is 15.0 Å². The first kappa shape index (κ1) is 26.1. The van der Waals surface area contributed by atoms with Crippen LogP contribution in [0.2, 0.25) is 0 Å². The van der Waals surface area contributed by atoms with E-state index in [2.05, 4.69) is 58.0 Å². The Morgan fingerprint density at radius 2 is 1.32 bits per heavy atom. The van der Waals surface area contributed by atoms with Crippen LogP contribution in [0.3, 0.4) is 0 Å². The van der Waals surface area contributed by atoms with Gasteiger partial charge in [0.25, 0.3) is 0 Å². The van der Waals surface area contributed by atoms with E-state index in [9.17, 15) is 0 Å². The molecule has 0 aliphatic carbocycles. The van der Waals surface area contributed by atoms with Crippen LogP contribution >= 0.6 is 0 Å². The standard InChI is InChI=1S/C32H33N3O2/c1-3-26-11-10-25(2)21-36-23-31-8-5-9-32(35-31)24-37-22-28-14-12-27(13-15-28)18-34-20-30-7-4-6-29(16-30)19-33-17-26/h3-16,19-20H,1,17-18,21-24H2,2H3/b25-10+,26-11+,33-19+,34-20+. The number of benzene rings is 2. The number of nitrogens with zero attached hydrogens (tertiary/aromatic N) is 3. The van der Waals surface area contributed by atoms with Gasteiger partial charge in [-0.05, 0) is 58.5 Å². The van der Waals surface area contributed by atoms with Crippen molar-refractivity contribution in [2.24, 2.45) is 9.98 Å². The second kappa shape index (κ2) is 14.0. The first-order chi connectivity index (χ1) is 18.2.